The van der Waals surface area contributed by atoms with Gasteiger partial charge in [-0.05, 0) is 59.5 Å². The Labute approximate surface area is 121 Å². The highest BCUT2D eigenvalue weighted by atomic mass is 16.6. The first-order valence-corrected chi connectivity index (χ1v) is 7.51. The zero-order chi connectivity index (χ0) is 14.8. The van der Waals surface area contributed by atoms with E-state index in [1.165, 1.54) is 0 Å². The maximum absolute atomic E-state index is 12.2. The highest BCUT2D eigenvalue weighted by molar-refractivity contribution is 5.68. The number of piperidine rings is 1. The molecule has 2 rings (SSSR count). The number of carbonyl (C=O) groups excluding carboxylic acids is 1. The van der Waals surface area contributed by atoms with Crippen molar-refractivity contribution in [3.63, 3.8) is 0 Å². The largest absolute Gasteiger partial charge is 0.444 e. The highest BCUT2D eigenvalue weighted by Gasteiger charge is 2.44. The summed E-state index contributed by atoms with van der Waals surface area (Å²) in [5, 5.41) is 9.66. The van der Waals surface area contributed by atoms with Crippen LogP contribution in [-0.4, -0.2) is 53.2 Å². The Kier molecular flexibility index (Phi) is 4.24. The van der Waals surface area contributed by atoms with Gasteiger partial charge in [0.05, 0.1) is 12.6 Å². The molecule has 0 aromatic heterocycles. The lowest BCUT2D eigenvalue weighted by molar-refractivity contribution is 0.00281. The third-order valence-corrected chi connectivity index (χ3v) is 4.04. The molecule has 0 aromatic rings. The Balaban J connectivity index is 2.07. The summed E-state index contributed by atoms with van der Waals surface area (Å²) in [5.74, 6) is 0. The van der Waals surface area contributed by atoms with Crippen LogP contribution >= 0.6 is 0 Å². The maximum Gasteiger partial charge on any atom is 0.410 e. The van der Waals surface area contributed by atoms with E-state index in [9.17, 15) is 10.1 Å². The topological polar surface area (TPSA) is 56.6 Å². The summed E-state index contributed by atoms with van der Waals surface area (Å²) in [6.07, 6.45) is 3.72. The summed E-state index contributed by atoms with van der Waals surface area (Å²) in [5.41, 5.74) is -0.997. The zero-order valence-corrected chi connectivity index (χ0v) is 12.8. The second-order valence-electron chi connectivity index (χ2n) is 6.84. The second-order valence-corrected chi connectivity index (χ2v) is 6.84. The molecular weight excluding hydrogens is 254 g/mol. The molecule has 1 amide bonds. The summed E-state index contributed by atoms with van der Waals surface area (Å²) < 4.78 is 5.44. The van der Waals surface area contributed by atoms with Gasteiger partial charge in [-0.2, -0.15) is 5.26 Å². The normalized spacial score (nSPS) is 28.2. The number of rotatable bonds is 1. The van der Waals surface area contributed by atoms with E-state index in [0.29, 0.717) is 13.1 Å². The minimum absolute atomic E-state index is 0.295. The van der Waals surface area contributed by atoms with E-state index in [4.69, 9.17) is 4.74 Å². The minimum Gasteiger partial charge on any atom is -0.444 e. The van der Waals surface area contributed by atoms with Crippen LogP contribution in [0.3, 0.4) is 0 Å². The smallest absolute Gasteiger partial charge is 0.410 e. The average Bonchev–Trinajstić information content (AvgIpc) is 2.91. The van der Waals surface area contributed by atoms with E-state index in [0.717, 1.165) is 38.8 Å². The Hall–Kier alpha value is -1.28. The van der Waals surface area contributed by atoms with Gasteiger partial charge in [-0.25, -0.2) is 4.79 Å². The summed E-state index contributed by atoms with van der Waals surface area (Å²) in [6, 6.07) is 2.48. The molecule has 1 atom stereocenters. The molecule has 5 heteroatoms. The molecule has 2 saturated heterocycles. The summed E-state index contributed by atoms with van der Waals surface area (Å²) >= 11 is 0. The van der Waals surface area contributed by atoms with Crippen molar-refractivity contribution in [2.24, 2.45) is 0 Å². The maximum atomic E-state index is 12.2. The molecule has 0 aromatic carbocycles. The van der Waals surface area contributed by atoms with Gasteiger partial charge in [-0.1, -0.05) is 0 Å². The van der Waals surface area contributed by atoms with Crippen molar-refractivity contribution in [1.29, 1.82) is 5.26 Å². The fourth-order valence-electron chi connectivity index (χ4n) is 3.08. The van der Waals surface area contributed by atoms with E-state index in [2.05, 4.69) is 11.0 Å². The van der Waals surface area contributed by atoms with Crippen molar-refractivity contribution in [2.45, 2.75) is 57.6 Å². The molecule has 0 aliphatic carbocycles. The molecule has 2 aliphatic rings. The van der Waals surface area contributed by atoms with E-state index >= 15 is 0 Å². The molecular formula is C15H25N3O2. The Morgan fingerprint density at radius 1 is 1.20 bits per heavy atom. The molecule has 5 nitrogen and oxygen atoms in total. The Morgan fingerprint density at radius 2 is 1.85 bits per heavy atom. The van der Waals surface area contributed by atoms with Crippen LogP contribution in [0.5, 0.6) is 0 Å². The van der Waals surface area contributed by atoms with Crippen LogP contribution in [0, 0.1) is 11.3 Å². The van der Waals surface area contributed by atoms with Crippen molar-refractivity contribution in [1.82, 2.24) is 9.80 Å². The highest BCUT2D eigenvalue weighted by Crippen LogP contribution is 2.31. The van der Waals surface area contributed by atoms with E-state index in [-0.39, 0.29) is 6.09 Å². The van der Waals surface area contributed by atoms with E-state index in [1.807, 2.05) is 20.8 Å². The van der Waals surface area contributed by atoms with Gasteiger partial charge >= 0.3 is 6.09 Å². The summed E-state index contributed by atoms with van der Waals surface area (Å²) in [4.78, 5) is 16.2. The van der Waals surface area contributed by atoms with E-state index < -0.39 is 11.1 Å². The van der Waals surface area contributed by atoms with Crippen molar-refractivity contribution >= 4 is 6.09 Å². The number of likely N-dealkylation sites (tertiary alicyclic amines) is 2. The van der Waals surface area contributed by atoms with Crippen LogP contribution in [0.25, 0.3) is 0 Å². The molecule has 2 aliphatic heterocycles. The molecule has 1 unspecified atom stereocenters. The average molecular weight is 279 g/mol. The summed E-state index contributed by atoms with van der Waals surface area (Å²) in [7, 11) is 0. The number of ether oxygens (including phenoxy) is 1. The Morgan fingerprint density at radius 3 is 2.40 bits per heavy atom. The lowest BCUT2D eigenvalue weighted by Crippen LogP contribution is -2.58. The molecule has 20 heavy (non-hydrogen) atoms. The first-order chi connectivity index (χ1) is 9.36. The van der Waals surface area contributed by atoms with Crippen molar-refractivity contribution in [3.8, 4) is 6.07 Å². The van der Waals surface area contributed by atoms with Crippen LogP contribution < -0.4 is 0 Å². The second kappa shape index (κ2) is 5.61. The number of hydrogen-bond acceptors (Lipinski definition) is 4. The monoisotopic (exact) mass is 279 g/mol. The first kappa shape index (κ1) is 15.1. The van der Waals surface area contributed by atoms with Gasteiger partial charge in [0.2, 0.25) is 0 Å². The van der Waals surface area contributed by atoms with Gasteiger partial charge in [-0.15, -0.1) is 0 Å². The van der Waals surface area contributed by atoms with Gasteiger partial charge < -0.3 is 9.64 Å². The van der Waals surface area contributed by atoms with Crippen molar-refractivity contribution in [3.05, 3.63) is 0 Å². The lowest BCUT2D eigenvalue weighted by atomic mass is 9.89. The molecule has 0 bridgehead atoms. The van der Waals surface area contributed by atoms with Crippen LogP contribution in [0.4, 0.5) is 4.79 Å². The van der Waals surface area contributed by atoms with Gasteiger partial charge in [-0.3, -0.25) is 4.90 Å². The van der Waals surface area contributed by atoms with Crippen LogP contribution in [0.2, 0.25) is 0 Å². The van der Waals surface area contributed by atoms with Gasteiger partial charge in [0.25, 0.3) is 0 Å². The van der Waals surface area contributed by atoms with Crippen LogP contribution in [0.15, 0.2) is 0 Å². The third-order valence-electron chi connectivity index (χ3n) is 4.04. The molecule has 0 saturated carbocycles. The third kappa shape index (κ3) is 3.24. The SMILES string of the molecule is CC(C)(C)OC(=O)N1CCCC(C#N)(N2CCCC2)C1. The fraction of sp³-hybridized carbons (Fsp3) is 0.867. The van der Waals surface area contributed by atoms with Gasteiger partial charge in [0.1, 0.15) is 11.1 Å². The number of hydrogen-bond donors (Lipinski definition) is 0. The number of nitriles is 1. The zero-order valence-electron chi connectivity index (χ0n) is 12.8. The van der Waals surface area contributed by atoms with Gasteiger partial charge in [0, 0.05) is 6.54 Å². The van der Waals surface area contributed by atoms with Crippen LogP contribution in [0.1, 0.15) is 46.5 Å². The number of carbonyl (C=O) groups is 1. The molecule has 0 radical (unpaired) electrons. The fourth-order valence-corrected chi connectivity index (χ4v) is 3.08. The van der Waals surface area contributed by atoms with E-state index in [1.54, 1.807) is 4.90 Å². The molecule has 2 fully saturated rings. The van der Waals surface area contributed by atoms with Crippen molar-refractivity contribution < 1.29 is 9.53 Å². The van der Waals surface area contributed by atoms with Crippen LogP contribution in [-0.2, 0) is 4.74 Å². The molecule has 112 valence electrons. The predicted octanol–water partition coefficient (Wildman–Crippen LogP) is 2.38. The molecule has 2 heterocycles. The van der Waals surface area contributed by atoms with Gasteiger partial charge in [0.15, 0.2) is 0 Å². The quantitative estimate of drug-likeness (QED) is 0.739. The number of amides is 1. The van der Waals surface area contributed by atoms with Crippen molar-refractivity contribution in [2.75, 3.05) is 26.2 Å². The standard InChI is InChI=1S/C15H25N3O2/c1-14(2,3)20-13(19)17-8-6-7-15(11-16,12-17)18-9-4-5-10-18/h4-10,12H2,1-3H3. The molecule has 0 spiro atoms. The minimum atomic E-state index is -0.508. The predicted molar refractivity (Wildman–Crippen MR) is 76.2 cm³/mol. The Bertz CT molecular complexity index is 404. The number of nitrogens with zero attached hydrogens (tertiary/aromatic N) is 3. The lowest BCUT2D eigenvalue weighted by Gasteiger charge is -2.43. The molecule has 0 N–H and O–H groups in total. The summed E-state index contributed by atoms with van der Waals surface area (Å²) in [6.45, 7) is 8.70. The first-order valence-electron chi connectivity index (χ1n) is 7.51.